The number of nitrogens with one attached hydrogen (secondary N) is 2. The zero-order chi connectivity index (χ0) is 14.8. The molecule has 0 aromatic heterocycles. The third-order valence-electron chi connectivity index (χ3n) is 2.72. The number of nitrogen functional groups attached to an aromatic ring is 1. The number of nitrogens with two attached hydrogens (primary N) is 1. The van der Waals surface area contributed by atoms with Gasteiger partial charge in [0, 0.05) is 5.69 Å². The summed E-state index contributed by atoms with van der Waals surface area (Å²) >= 11 is 0. The Labute approximate surface area is 116 Å². The molecule has 2 rings (SSSR count). The molecule has 20 heavy (non-hydrogen) atoms. The minimum atomic E-state index is -3.60. The largest absolute Gasteiger partial charge is 0.398 e. The summed E-state index contributed by atoms with van der Waals surface area (Å²) in [5.74, 6) is -0.405. The van der Waals surface area contributed by atoms with Gasteiger partial charge in [-0.15, -0.1) is 0 Å². The van der Waals surface area contributed by atoms with Gasteiger partial charge in [-0.1, -0.05) is 12.1 Å². The van der Waals surface area contributed by atoms with Crippen molar-refractivity contribution in [2.24, 2.45) is 0 Å². The second-order valence-electron chi connectivity index (χ2n) is 4.07. The minimum Gasteiger partial charge on any atom is -0.398 e. The lowest BCUT2D eigenvalue weighted by Crippen LogP contribution is -2.19. The van der Waals surface area contributed by atoms with Gasteiger partial charge in [-0.25, -0.2) is 17.5 Å². The van der Waals surface area contributed by atoms with Gasteiger partial charge in [-0.2, -0.15) is 0 Å². The van der Waals surface area contributed by atoms with Crippen LogP contribution >= 0.6 is 0 Å². The molecule has 5 nitrogen and oxygen atoms in total. The molecule has 0 bridgehead atoms. The molecular formula is C13H14FN3O2S. The second-order valence-corrected chi connectivity index (χ2v) is 5.92. The maximum Gasteiger partial charge on any atom is 0.242 e. The number of para-hydroxylation sites is 1. The number of benzene rings is 2. The summed E-state index contributed by atoms with van der Waals surface area (Å²) in [5, 5.41) is 2.84. The van der Waals surface area contributed by atoms with Crippen LogP contribution in [0.2, 0.25) is 0 Å². The van der Waals surface area contributed by atoms with E-state index in [1.54, 1.807) is 18.2 Å². The third kappa shape index (κ3) is 2.89. The summed E-state index contributed by atoms with van der Waals surface area (Å²) in [7, 11) is -2.30. The summed E-state index contributed by atoms with van der Waals surface area (Å²) in [6.07, 6.45) is 0. The molecule has 2 aromatic carbocycles. The van der Waals surface area contributed by atoms with E-state index < -0.39 is 15.8 Å². The zero-order valence-corrected chi connectivity index (χ0v) is 11.5. The molecule has 0 aliphatic rings. The molecule has 7 heteroatoms. The molecule has 0 aliphatic heterocycles. The first-order chi connectivity index (χ1) is 9.44. The predicted molar refractivity (Wildman–Crippen MR) is 76.8 cm³/mol. The lowest BCUT2D eigenvalue weighted by Gasteiger charge is -2.11. The Morgan fingerprint density at radius 1 is 1.15 bits per heavy atom. The molecule has 0 heterocycles. The molecule has 0 saturated heterocycles. The fourth-order valence-electron chi connectivity index (χ4n) is 1.70. The Morgan fingerprint density at radius 3 is 2.45 bits per heavy atom. The topological polar surface area (TPSA) is 84.2 Å². The normalized spacial score (nSPS) is 11.3. The minimum absolute atomic E-state index is 0.0147. The van der Waals surface area contributed by atoms with Gasteiger partial charge in [-0.05, 0) is 37.4 Å². The standard InChI is InChI=1S/C13H14FN3O2S/c1-16-20(18,19)13-7-6-9(8-11(13)15)17-12-5-3-2-4-10(12)14/h2-8,16-17H,15H2,1H3. The summed E-state index contributed by atoms with van der Waals surface area (Å²) in [5.41, 5.74) is 6.60. The molecule has 0 amide bonds. The molecule has 0 radical (unpaired) electrons. The van der Waals surface area contributed by atoms with Gasteiger partial charge in [0.25, 0.3) is 0 Å². The highest BCUT2D eigenvalue weighted by molar-refractivity contribution is 7.89. The van der Waals surface area contributed by atoms with E-state index >= 15 is 0 Å². The molecular weight excluding hydrogens is 281 g/mol. The van der Waals surface area contributed by atoms with Crippen molar-refractivity contribution < 1.29 is 12.8 Å². The van der Waals surface area contributed by atoms with Crippen LogP contribution in [0.4, 0.5) is 21.5 Å². The fraction of sp³-hybridized carbons (Fsp3) is 0.0769. The lowest BCUT2D eigenvalue weighted by atomic mass is 10.2. The van der Waals surface area contributed by atoms with Gasteiger partial charge in [0.15, 0.2) is 0 Å². The summed E-state index contributed by atoms with van der Waals surface area (Å²) in [4.78, 5) is -0.0147. The van der Waals surface area contributed by atoms with Gasteiger partial charge in [-0.3, -0.25) is 0 Å². The van der Waals surface area contributed by atoms with Gasteiger partial charge >= 0.3 is 0 Å². The molecule has 0 spiro atoms. The SMILES string of the molecule is CNS(=O)(=O)c1ccc(Nc2ccccc2F)cc1N. The van der Waals surface area contributed by atoms with Crippen LogP contribution in [-0.2, 0) is 10.0 Å². The second kappa shape index (κ2) is 5.48. The number of hydrogen-bond donors (Lipinski definition) is 3. The Kier molecular flexibility index (Phi) is 3.91. The Morgan fingerprint density at radius 2 is 1.85 bits per heavy atom. The van der Waals surface area contributed by atoms with Crippen molar-refractivity contribution in [2.45, 2.75) is 4.90 Å². The first kappa shape index (κ1) is 14.3. The van der Waals surface area contributed by atoms with Crippen LogP contribution in [0.15, 0.2) is 47.4 Å². The average molecular weight is 295 g/mol. The maximum absolute atomic E-state index is 13.5. The molecule has 0 saturated carbocycles. The monoisotopic (exact) mass is 295 g/mol. The van der Waals surface area contributed by atoms with Gasteiger partial charge in [0.1, 0.15) is 10.7 Å². The van der Waals surface area contributed by atoms with Crippen molar-refractivity contribution in [3.05, 3.63) is 48.3 Å². The zero-order valence-electron chi connectivity index (χ0n) is 10.7. The molecule has 2 aromatic rings. The van der Waals surface area contributed by atoms with E-state index in [1.807, 2.05) is 0 Å². The van der Waals surface area contributed by atoms with Crippen LogP contribution < -0.4 is 15.8 Å². The van der Waals surface area contributed by atoms with E-state index in [4.69, 9.17) is 5.73 Å². The van der Waals surface area contributed by atoms with E-state index in [9.17, 15) is 12.8 Å². The summed E-state index contributed by atoms with van der Waals surface area (Å²) in [6.45, 7) is 0. The Balaban J connectivity index is 2.33. The first-order valence-corrected chi connectivity index (χ1v) is 7.27. The predicted octanol–water partition coefficient (Wildman–Crippen LogP) is 2.06. The van der Waals surface area contributed by atoms with Crippen molar-refractivity contribution in [1.29, 1.82) is 0 Å². The highest BCUT2D eigenvalue weighted by Gasteiger charge is 2.15. The van der Waals surface area contributed by atoms with E-state index in [1.165, 1.54) is 31.3 Å². The van der Waals surface area contributed by atoms with Crippen LogP contribution in [0.1, 0.15) is 0 Å². The first-order valence-electron chi connectivity index (χ1n) is 5.78. The van der Waals surface area contributed by atoms with Crippen LogP contribution in [0.5, 0.6) is 0 Å². The number of anilines is 3. The van der Waals surface area contributed by atoms with E-state index in [0.717, 1.165) is 0 Å². The fourth-order valence-corrected chi connectivity index (χ4v) is 2.54. The van der Waals surface area contributed by atoms with Crippen molar-refractivity contribution in [3.63, 3.8) is 0 Å². The van der Waals surface area contributed by atoms with E-state index in [2.05, 4.69) is 10.0 Å². The number of sulfonamides is 1. The Hall–Kier alpha value is -2.12. The van der Waals surface area contributed by atoms with E-state index in [-0.39, 0.29) is 16.3 Å². The molecule has 0 aliphatic carbocycles. The van der Waals surface area contributed by atoms with Crippen molar-refractivity contribution in [3.8, 4) is 0 Å². The number of halogens is 1. The average Bonchev–Trinajstić information content (AvgIpc) is 2.41. The molecule has 0 fully saturated rings. The van der Waals surface area contributed by atoms with E-state index in [0.29, 0.717) is 5.69 Å². The quantitative estimate of drug-likeness (QED) is 0.754. The molecule has 106 valence electrons. The highest BCUT2D eigenvalue weighted by Crippen LogP contribution is 2.25. The molecule has 0 atom stereocenters. The number of hydrogen-bond acceptors (Lipinski definition) is 4. The smallest absolute Gasteiger partial charge is 0.242 e. The van der Waals surface area contributed by atoms with Crippen LogP contribution in [0.3, 0.4) is 0 Å². The van der Waals surface area contributed by atoms with Crippen LogP contribution in [-0.4, -0.2) is 15.5 Å². The van der Waals surface area contributed by atoms with Crippen LogP contribution in [0.25, 0.3) is 0 Å². The molecule has 0 unspecified atom stereocenters. The highest BCUT2D eigenvalue weighted by atomic mass is 32.2. The van der Waals surface area contributed by atoms with Crippen molar-refractivity contribution in [1.82, 2.24) is 4.72 Å². The van der Waals surface area contributed by atoms with Crippen molar-refractivity contribution in [2.75, 3.05) is 18.1 Å². The Bertz CT molecular complexity index is 732. The summed E-state index contributed by atoms with van der Waals surface area (Å²) < 4.78 is 39.0. The number of rotatable bonds is 4. The third-order valence-corrected chi connectivity index (χ3v) is 4.21. The van der Waals surface area contributed by atoms with Gasteiger partial charge in [0.2, 0.25) is 10.0 Å². The van der Waals surface area contributed by atoms with Crippen molar-refractivity contribution >= 4 is 27.1 Å². The molecule has 4 N–H and O–H groups in total. The van der Waals surface area contributed by atoms with Crippen LogP contribution in [0, 0.1) is 5.82 Å². The lowest BCUT2D eigenvalue weighted by molar-refractivity contribution is 0.588. The maximum atomic E-state index is 13.5. The van der Waals surface area contributed by atoms with Gasteiger partial charge in [0.05, 0.1) is 11.4 Å². The summed E-state index contributed by atoms with van der Waals surface area (Å²) in [6, 6.07) is 10.5. The van der Waals surface area contributed by atoms with Gasteiger partial charge < -0.3 is 11.1 Å².